The van der Waals surface area contributed by atoms with Crippen LogP contribution in [-0.4, -0.2) is 44.0 Å². The third-order valence-electron chi connectivity index (χ3n) is 5.50. The lowest BCUT2D eigenvalue weighted by atomic mass is 10.1. The second-order valence-corrected chi connectivity index (χ2v) is 7.28. The molecular formula is C21H23FN3O2+. The minimum Gasteiger partial charge on any atom is -0.360 e. The van der Waals surface area contributed by atoms with E-state index in [9.17, 15) is 14.0 Å². The number of benzene rings is 2. The number of piperazine rings is 1. The van der Waals surface area contributed by atoms with Gasteiger partial charge in [0.2, 0.25) is 5.91 Å². The number of nitrogens with zero attached hydrogens (tertiary/aromatic N) is 2. The highest BCUT2D eigenvalue weighted by Gasteiger charge is 2.46. The van der Waals surface area contributed by atoms with Gasteiger partial charge in [0.1, 0.15) is 5.82 Å². The Morgan fingerprint density at radius 1 is 1.00 bits per heavy atom. The first-order chi connectivity index (χ1) is 13.0. The Morgan fingerprint density at radius 2 is 1.70 bits per heavy atom. The molecule has 0 aliphatic carbocycles. The SMILES string of the molecule is Cc1cccc(N2C(=O)C[C@@H]([NH+]3CCN(c4ccc(F)cc4)CC3)C2=O)c1. The molecule has 0 bridgehead atoms. The summed E-state index contributed by atoms with van der Waals surface area (Å²) in [6, 6.07) is 13.7. The molecule has 2 aromatic rings. The van der Waals surface area contributed by atoms with Gasteiger partial charge in [-0.2, -0.15) is 0 Å². The zero-order valence-electron chi connectivity index (χ0n) is 15.3. The summed E-state index contributed by atoms with van der Waals surface area (Å²) in [5, 5.41) is 0. The smallest absolute Gasteiger partial charge is 0.292 e. The predicted molar refractivity (Wildman–Crippen MR) is 101 cm³/mol. The van der Waals surface area contributed by atoms with E-state index in [4.69, 9.17) is 0 Å². The van der Waals surface area contributed by atoms with Crippen LogP contribution < -0.4 is 14.7 Å². The summed E-state index contributed by atoms with van der Waals surface area (Å²) in [5.41, 5.74) is 2.68. The first kappa shape index (κ1) is 17.7. The number of rotatable bonds is 3. The fourth-order valence-corrected chi connectivity index (χ4v) is 4.04. The van der Waals surface area contributed by atoms with Gasteiger partial charge < -0.3 is 9.80 Å². The molecule has 0 saturated carbocycles. The minimum atomic E-state index is -0.312. The molecule has 4 rings (SSSR count). The van der Waals surface area contributed by atoms with Crippen molar-refractivity contribution in [3.63, 3.8) is 0 Å². The molecule has 2 aliphatic heterocycles. The van der Waals surface area contributed by atoms with Crippen LogP contribution in [0.3, 0.4) is 0 Å². The highest BCUT2D eigenvalue weighted by Crippen LogP contribution is 2.23. The summed E-state index contributed by atoms with van der Waals surface area (Å²) in [7, 11) is 0. The summed E-state index contributed by atoms with van der Waals surface area (Å²) in [5.74, 6) is -0.464. The quantitative estimate of drug-likeness (QED) is 0.828. The molecule has 0 radical (unpaired) electrons. The molecule has 27 heavy (non-hydrogen) atoms. The highest BCUT2D eigenvalue weighted by atomic mass is 19.1. The van der Waals surface area contributed by atoms with Crippen molar-refractivity contribution in [3.05, 3.63) is 59.9 Å². The summed E-state index contributed by atoms with van der Waals surface area (Å²) in [6.45, 7) is 5.07. The Morgan fingerprint density at radius 3 is 2.37 bits per heavy atom. The summed E-state index contributed by atoms with van der Waals surface area (Å²) >= 11 is 0. The second-order valence-electron chi connectivity index (χ2n) is 7.28. The standard InChI is InChI=1S/C21H22FN3O2/c1-15-3-2-4-18(13-15)25-20(26)14-19(21(25)27)24-11-9-23(10-12-24)17-7-5-16(22)6-8-17/h2-8,13,19H,9-12,14H2,1H3/p+1/t19-/m1/s1. The van der Waals surface area contributed by atoms with Crippen LogP contribution in [0.15, 0.2) is 48.5 Å². The van der Waals surface area contributed by atoms with Crippen LogP contribution >= 0.6 is 0 Å². The number of carbonyl (C=O) groups is 2. The fourth-order valence-electron chi connectivity index (χ4n) is 4.04. The number of carbonyl (C=O) groups excluding carboxylic acids is 2. The molecule has 2 saturated heterocycles. The zero-order chi connectivity index (χ0) is 19.0. The Bertz CT molecular complexity index is 860. The topological polar surface area (TPSA) is 45.1 Å². The number of anilines is 2. The lowest BCUT2D eigenvalue weighted by Crippen LogP contribution is -3.19. The van der Waals surface area contributed by atoms with Crippen LogP contribution in [0.25, 0.3) is 0 Å². The van der Waals surface area contributed by atoms with Gasteiger partial charge in [-0.25, -0.2) is 9.29 Å². The van der Waals surface area contributed by atoms with E-state index in [0.29, 0.717) is 5.69 Å². The molecule has 140 valence electrons. The molecule has 0 unspecified atom stereocenters. The summed E-state index contributed by atoms with van der Waals surface area (Å²) in [4.78, 5) is 30.2. The number of aryl methyl sites for hydroxylation is 1. The molecule has 0 spiro atoms. The van der Waals surface area contributed by atoms with Crippen LogP contribution in [0.5, 0.6) is 0 Å². The van der Waals surface area contributed by atoms with E-state index in [1.807, 2.05) is 31.2 Å². The van der Waals surface area contributed by atoms with Crippen molar-refractivity contribution in [2.24, 2.45) is 0 Å². The molecule has 0 aromatic heterocycles. The average molecular weight is 368 g/mol. The van der Waals surface area contributed by atoms with Crippen LogP contribution in [-0.2, 0) is 9.59 Å². The Balaban J connectivity index is 1.44. The van der Waals surface area contributed by atoms with Crippen molar-refractivity contribution >= 4 is 23.2 Å². The Labute approximate surface area is 158 Å². The van der Waals surface area contributed by atoms with Crippen LogP contribution in [0.1, 0.15) is 12.0 Å². The summed E-state index contributed by atoms with van der Waals surface area (Å²) < 4.78 is 13.1. The lowest BCUT2D eigenvalue weighted by Gasteiger charge is -2.35. The van der Waals surface area contributed by atoms with Crippen molar-refractivity contribution in [3.8, 4) is 0 Å². The zero-order valence-corrected chi connectivity index (χ0v) is 15.3. The highest BCUT2D eigenvalue weighted by molar-refractivity contribution is 6.21. The fraction of sp³-hybridized carbons (Fsp3) is 0.333. The average Bonchev–Trinajstić information content (AvgIpc) is 2.97. The van der Waals surface area contributed by atoms with Gasteiger partial charge in [-0.3, -0.25) is 9.59 Å². The second kappa shape index (κ2) is 7.12. The molecule has 2 aliphatic rings. The number of hydrogen-bond acceptors (Lipinski definition) is 3. The monoisotopic (exact) mass is 368 g/mol. The van der Waals surface area contributed by atoms with Gasteiger partial charge in [-0.1, -0.05) is 12.1 Å². The van der Waals surface area contributed by atoms with Crippen LogP contribution in [0.2, 0.25) is 0 Å². The van der Waals surface area contributed by atoms with Crippen LogP contribution in [0.4, 0.5) is 15.8 Å². The first-order valence-corrected chi connectivity index (χ1v) is 9.31. The first-order valence-electron chi connectivity index (χ1n) is 9.31. The molecule has 1 N–H and O–H groups in total. The largest absolute Gasteiger partial charge is 0.360 e. The van der Waals surface area contributed by atoms with Gasteiger partial charge >= 0.3 is 0 Å². The van der Waals surface area contributed by atoms with E-state index in [0.717, 1.165) is 42.3 Å². The number of hydrogen-bond donors (Lipinski definition) is 1. The Kier molecular flexibility index (Phi) is 4.66. The van der Waals surface area contributed by atoms with Gasteiger partial charge in [-0.15, -0.1) is 0 Å². The lowest BCUT2D eigenvalue weighted by molar-refractivity contribution is -0.915. The normalized spacial score (nSPS) is 21.2. The van der Waals surface area contributed by atoms with Gasteiger partial charge in [0.15, 0.2) is 6.04 Å². The van der Waals surface area contributed by atoms with E-state index < -0.39 is 0 Å². The Hall–Kier alpha value is -2.73. The molecule has 1 atom stereocenters. The maximum Gasteiger partial charge on any atom is 0.292 e. The van der Waals surface area contributed by atoms with E-state index >= 15 is 0 Å². The molecular weight excluding hydrogens is 345 g/mol. The van der Waals surface area contributed by atoms with E-state index in [2.05, 4.69) is 4.90 Å². The maximum atomic E-state index is 13.1. The third kappa shape index (κ3) is 3.45. The van der Waals surface area contributed by atoms with E-state index in [-0.39, 0.29) is 30.1 Å². The maximum absolute atomic E-state index is 13.1. The number of quaternary nitrogens is 1. The molecule has 2 heterocycles. The number of halogens is 1. The molecule has 5 nitrogen and oxygen atoms in total. The van der Waals surface area contributed by atoms with Crippen molar-refractivity contribution in [2.75, 3.05) is 36.0 Å². The van der Waals surface area contributed by atoms with E-state index in [1.54, 1.807) is 12.1 Å². The van der Waals surface area contributed by atoms with Crippen molar-refractivity contribution in [1.82, 2.24) is 0 Å². The van der Waals surface area contributed by atoms with Crippen molar-refractivity contribution in [2.45, 2.75) is 19.4 Å². The minimum absolute atomic E-state index is 0.101. The van der Waals surface area contributed by atoms with Crippen LogP contribution in [0, 0.1) is 12.7 Å². The number of amides is 2. The van der Waals surface area contributed by atoms with Gasteiger partial charge in [0, 0.05) is 5.69 Å². The number of nitrogens with one attached hydrogen (secondary N) is 1. The molecule has 6 heteroatoms. The third-order valence-corrected chi connectivity index (χ3v) is 5.50. The van der Waals surface area contributed by atoms with Gasteiger partial charge in [0.05, 0.1) is 38.3 Å². The predicted octanol–water partition coefficient (Wildman–Crippen LogP) is 1.17. The van der Waals surface area contributed by atoms with Crippen molar-refractivity contribution in [1.29, 1.82) is 0 Å². The summed E-state index contributed by atoms with van der Waals surface area (Å²) in [6.07, 6.45) is 0.263. The molecule has 2 amide bonds. The van der Waals surface area contributed by atoms with Crippen molar-refractivity contribution < 1.29 is 18.9 Å². The molecule has 2 aromatic carbocycles. The molecule has 2 fully saturated rings. The van der Waals surface area contributed by atoms with Gasteiger partial charge in [0.25, 0.3) is 5.91 Å². The number of imide groups is 1. The van der Waals surface area contributed by atoms with E-state index in [1.165, 1.54) is 17.0 Å². The van der Waals surface area contributed by atoms with Gasteiger partial charge in [-0.05, 0) is 48.9 Å².